The van der Waals surface area contributed by atoms with E-state index in [0.717, 1.165) is 18.3 Å². The van der Waals surface area contributed by atoms with Crippen LogP contribution in [0.5, 0.6) is 0 Å². The lowest BCUT2D eigenvalue weighted by molar-refractivity contribution is 0.133. The molecule has 0 saturated heterocycles. The molecule has 0 nitrogen and oxygen atoms in total. The van der Waals surface area contributed by atoms with Gasteiger partial charge in [-0.25, -0.2) is 0 Å². The maximum absolute atomic E-state index is 3.24. The molecule has 0 radical (unpaired) electrons. The van der Waals surface area contributed by atoms with Gasteiger partial charge in [0.05, 0.1) is 0 Å². The molecule has 3 unspecified atom stereocenters. The van der Waals surface area contributed by atoms with Gasteiger partial charge in [-0.05, 0) is 69.1 Å². The molecule has 0 fully saturated rings. The number of hydrogen-bond acceptors (Lipinski definition) is 0. The summed E-state index contributed by atoms with van der Waals surface area (Å²) >= 11 is 0. The van der Waals surface area contributed by atoms with Crippen LogP contribution in [0.4, 0.5) is 0 Å². The van der Waals surface area contributed by atoms with E-state index in [-0.39, 0.29) is 0 Å². The molecule has 25 heavy (non-hydrogen) atoms. The Kier molecular flexibility index (Phi) is 15.1. The Balaban J connectivity index is 4.58. The molecule has 0 aliphatic heterocycles. The van der Waals surface area contributed by atoms with E-state index >= 15 is 0 Å². The summed E-state index contributed by atoms with van der Waals surface area (Å²) < 4.78 is 0. The summed E-state index contributed by atoms with van der Waals surface area (Å²) in [6.45, 7) is 14.0. The average molecular weight is 347 g/mol. The van der Waals surface area contributed by atoms with Crippen LogP contribution in [0.2, 0.25) is 0 Å². The lowest BCUT2D eigenvalue weighted by Crippen LogP contribution is -2.27. The summed E-state index contributed by atoms with van der Waals surface area (Å²) in [7, 11) is 0. The number of unbranched alkanes of at least 4 members (excludes halogenated alkanes) is 4. The van der Waals surface area contributed by atoms with Gasteiger partial charge in [-0.2, -0.15) is 0 Å². The van der Waals surface area contributed by atoms with Crippen molar-refractivity contribution >= 4 is 0 Å². The van der Waals surface area contributed by atoms with Gasteiger partial charge in [0.2, 0.25) is 0 Å². The zero-order valence-corrected chi connectivity index (χ0v) is 18.3. The van der Waals surface area contributed by atoms with Crippen LogP contribution in [-0.4, -0.2) is 0 Å². The monoisotopic (exact) mass is 346 g/mol. The Bertz CT molecular complexity index is 381. The van der Waals surface area contributed by atoms with Gasteiger partial charge in [0.25, 0.3) is 0 Å². The van der Waals surface area contributed by atoms with Crippen LogP contribution in [0.1, 0.15) is 119 Å². The minimum Gasteiger partial charge on any atom is -0.107 e. The Morgan fingerprint density at radius 3 is 2.32 bits per heavy atom. The molecular weight excluding hydrogens is 300 g/mol. The molecule has 0 heterocycles. The topological polar surface area (TPSA) is 0 Å². The molecule has 0 aromatic heterocycles. The van der Waals surface area contributed by atoms with E-state index in [4.69, 9.17) is 0 Å². The standard InChI is InChI=1S/C25H46/c1-7-10-13-15-18-21-25(6,20-17-14-11-8-2)24(5)22-23(4)19-16-12-9-3/h10,13,23-24H,7-8,11,14-22H2,1-6H3. The van der Waals surface area contributed by atoms with Crippen LogP contribution in [0, 0.1) is 29.1 Å². The van der Waals surface area contributed by atoms with Crippen molar-refractivity contribution < 1.29 is 0 Å². The normalized spacial score (nSPS) is 16.2. The van der Waals surface area contributed by atoms with E-state index < -0.39 is 0 Å². The smallest absolute Gasteiger partial charge is 0.00911 e. The zero-order valence-electron chi connectivity index (χ0n) is 18.3. The second-order valence-corrected chi connectivity index (χ2v) is 8.44. The fourth-order valence-electron chi connectivity index (χ4n) is 3.93. The molecule has 0 aromatic rings. The highest BCUT2D eigenvalue weighted by Crippen LogP contribution is 2.42. The van der Waals surface area contributed by atoms with E-state index in [1.165, 1.54) is 70.6 Å². The van der Waals surface area contributed by atoms with E-state index in [1.54, 1.807) is 0 Å². The lowest BCUT2D eigenvalue weighted by atomic mass is 9.68. The van der Waals surface area contributed by atoms with Crippen molar-refractivity contribution in [2.24, 2.45) is 17.3 Å². The van der Waals surface area contributed by atoms with Crippen molar-refractivity contribution in [1.82, 2.24) is 0 Å². The molecule has 0 aliphatic rings. The first-order valence-corrected chi connectivity index (χ1v) is 11.0. The zero-order chi connectivity index (χ0) is 19.0. The molecule has 0 heteroatoms. The predicted octanol–water partition coefficient (Wildman–Crippen LogP) is 8.57. The summed E-state index contributed by atoms with van der Waals surface area (Å²) in [6, 6.07) is 0. The first-order valence-electron chi connectivity index (χ1n) is 11.0. The Morgan fingerprint density at radius 1 is 0.960 bits per heavy atom. The minimum absolute atomic E-state index is 0.512. The minimum atomic E-state index is 0.512. The average Bonchev–Trinajstić information content (AvgIpc) is 2.58. The summed E-state index contributed by atoms with van der Waals surface area (Å²) in [4.78, 5) is 0. The van der Waals surface area contributed by atoms with Gasteiger partial charge in [-0.3, -0.25) is 0 Å². The largest absolute Gasteiger partial charge is 0.107 e. The molecule has 0 amide bonds. The fourth-order valence-corrected chi connectivity index (χ4v) is 3.93. The Hall–Kier alpha value is -0.700. The second kappa shape index (κ2) is 15.5. The highest BCUT2D eigenvalue weighted by Gasteiger charge is 2.30. The van der Waals surface area contributed by atoms with Gasteiger partial charge in [0, 0.05) is 6.42 Å². The van der Waals surface area contributed by atoms with Crippen LogP contribution in [0.3, 0.4) is 0 Å². The van der Waals surface area contributed by atoms with Crippen molar-refractivity contribution in [2.45, 2.75) is 119 Å². The predicted molar refractivity (Wildman–Crippen MR) is 116 cm³/mol. The molecule has 0 spiro atoms. The van der Waals surface area contributed by atoms with Crippen LogP contribution < -0.4 is 0 Å². The number of allylic oxidation sites excluding steroid dienone is 2. The summed E-state index contributed by atoms with van der Waals surface area (Å²) in [5.74, 6) is 7.88. The van der Waals surface area contributed by atoms with Crippen LogP contribution >= 0.6 is 0 Å². The molecule has 0 rings (SSSR count). The maximum Gasteiger partial charge on any atom is 0.00911 e. The van der Waals surface area contributed by atoms with E-state index in [0.29, 0.717) is 5.41 Å². The summed E-state index contributed by atoms with van der Waals surface area (Å²) in [5.41, 5.74) is 0.512. The quantitative estimate of drug-likeness (QED) is 0.158. The first-order chi connectivity index (χ1) is 12.0. The molecule has 0 aromatic carbocycles. The first kappa shape index (κ1) is 24.3. The third-order valence-corrected chi connectivity index (χ3v) is 6.01. The molecule has 3 atom stereocenters. The van der Waals surface area contributed by atoms with Gasteiger partial charge in [-0.1, -0.05) is 72.5 Å². The van der Waals surface area contributed by atoms with E-state index in [9.17, 15) is 0 Å². The van der Waals surface area contributed by atoms with Crippen molar-refractivity contribution in [1.29, 1.82) is 0 Å². The highest BCUT2D eigenvalue weighted by atomic mass is 14.4. The van der Waals surface area contributed by atoms with Gasteiger partial charge < -0.3 is 0 Å². The SMILES string of the molecule is CC#CCCC(C)CC(C)C(C)(CCCC=CCC)CCCCCC. The molecule has 0 saturated carbocycles. The van der Waals surface area contributed by atoms with Crippen LogP contribution in [-0.2, 0) is 0 Å². The maximum atomic E-state index is 3.24. The number of hydrogen-bond donors (Lipinski definition) is 0. The molecule has 0 N–H and O–H groups in total. The van der Waals surface area contributed by atoms with Crippen molar-refractivity contribution in [3.05, 3.63) is 12.2 Å². The van der Waals surface area contributed by atoms with Crippen molar-refractivity contribution in [2.75, 3.05) is 0 Å². The number of rotatable bonds is 15. The Labute approximate surface area is 160 Å². The molecule has 146 valence electrons. The highest BCUT2D eigenvalue weighted by molar-refractivity contribution is 4.95. The fraction of sp³-hybridized carbons (Fsp3) is 0.840. The molecule has 0 aliphatic carbocycles. The van der Waals surface area contributed by atoms with Crippen molar-refractivity contribution in [3.63, 3.8) is 0 Å². The van der Waals surface area contributed by atoms with Gasteiger partial charge >= 0.3 is 0 Å². The van der Waals surface area contributed by atoms with E-state index in [2.05, 4.69) is 58.6 Å². The van der Waals surface area contributed by atoms with Gasteiger partial charge in [0.15, 0.2) is 0 Å². The third kappa shape index (κ3) is 12.3. The third-order valence-electron chi connectivity index (χ3n) is 6.01. The lowest BCUT2D eigenvalue weighted by Gasteiger charge is -2.38. The van der Waals surface area contributed by atoms with Crippen LogP contribution in [0.25, 0.3) is 0 Å². The Morgan fingerprint density at radius 2 is 1.68 bits per heavy atom. The van der Waals surface area contributed by atoms with Crippen LogP contribution in [0.15, 0.2) is 12.2 Å². The second-order valence-electron chi connectivity index (χ2n) is 8.44. The summed E-state index contributed by atoms with van der Waals surface area (Å²) in [5, 5.41) is 0. The molecular formula is C25H46. The van der Waals surface area contributed by atoms with Gasteiger partial charge in [0.1, 0.15) is 0 Å². The van der Waals surface area contributed by atoms with Gasteiger partial charge in [-0.15, -0.1) is 11.8 Å². The summed E-state index contributed by atoms with van der Waals surface area (Å²) in [6.07, 6.45) is 20.5. The van der Waals surface area contributed by atoms with E-state index in [1.807, 2.05) is 6.92 Å². The van der Waals surface area contributed by atoms with Crippen molar-refractivity contribution in [3.8, 4) is 11.8 Å². The molecule has 0 bridgehead atoms.